The average Bonchev–Trinajstić information content (AvgIpc) is 2.72. The maximum absolute atomic E-state index is 12.4. The summed E-state index contributed by atoms with van der Waals surface area (Å²) in [5.74, 6) is -0.457. The van der Waals surface area contributed by atoms with Gasteiger partial charge in [-0.2, -0.15) is 0 Å². The fourth-order valence-electron chi connectivity index (χ4n) is 2.75. The largest absolute Gasteiger partial charge is 0.347 e. The Labute approximate surface area is 158 Å². The molecule has 27 heavy (non-hydrogen) atoms. The van der Waals surface area contributed by atoms with E-state index in [2.05, 4.69) is 15.6 Å². The molecular formula is C22H21N3O2. The Kier molecular flexibility index (Phi) is 6.30. The van der Waals surface area contributed by atoms with E-state index in [4.69, 9.17) is 0 Å². The van der Waals surface area contributed by atoms with Gasteiger partial charge >= 0.3 is 0 Å². The van der Waals surface area contributed by atoms with Crippen LogP contribution in [0, 0.1) is 0 Å². The fraction of sp³-hybridized carbons (Fsp3) is 0.136. The van der Waals surface area contributed by atoms with Crippen LogP contribution in [-0.4, -0.2) is 23.3 Å². The summed E-state index contributed by atoms with van der Waals surface area (Å²) in [7, 11) is 0. The van der Waals surface area contributed by atoms with Gasteiger partial charge in [0.15, 0.2) is 0 Å². The first-order valence-corrected chi connectivity index (χ1v) is 8.78. The SMILES string of the molecule is O=C(Cc1ccccc1)NCC(=O)NC(c1ccccc1)c1ccccn1. The molecule has 3 aromatic rings. The molecule has 136 valence electrons. The number of carbonyl (C=O) groups is 2. The maximum atomic E-state index is 12.4. The summed E-state index contributed by atoms with van der Waals surface area (Å²) < 4.78 is 0. The summed E-state index contributed by atoms with van der Waals surface area (Å²) in [5, 5.41) is 5.62. The zero-order chi connectivity index (χ0) is 18.9. The number of carbonyl (C=O) groups excluding carboxylic acids is 2. The van der Waals surface area contributed by atoms with E-state index in [9.17, 15) is 9.59 Å². The van der Waals surface area contributed by atoms with E-state index < -0.39 is 0 Å². The Bertz CT molecular complexity index is 828. The first kappa shape index (κ1) is 18.3. The van der Waals surface area contributed by atoms with Crippen molar-refractivity contribution in [2.75, 3.05) is 6.54 Å². The van der Waals surface area contributed by atoms with Gasteiger partial charge in [0.1, 0.15) is 0 Å². The first-order chi connectivity index (χ1) is 13.2. The Morgan fingerprint density at radius 3 is 2.15 bits per heavy atom. The molecule has 1 heterocycles. The number of hydrogen-bond donors (Lipinski definition) is 2. The van der Waals surface area contributed by atoms with Crippen LogP contribution in [0.5, 0.6) is 0 Å². The van der Waals surface area contributed by atoms with Gasteiger partial charge in [-0.05, 0) is 23.3 Å². The molecule has 0 aliphatic rings. The van der Waals surface area contributed by atoms with Crippen molar-refractivity contribution < 1.29 is 9.59 Å². The Balaban J connectivity index is 1.60. The number of benzene rings is 2. The van der Waals surface area contributed by atoms with Gasteiger partial charge in [0.2, 0.25) is 11.8 Å². The third kappa shape index (κ3) is 5.51. The molecule has 0 fully saturated rings. The van der Waals surface area contributed by atoms with Gasteiger partial charge in [0.05, 0.1) is 24.7 Å². The third-order valence-corrected chi connectivity index (χ3v) is 4.08. The molecule has 2 N–H and O–H groups in total. The molecule has 1 unspecified atom stereocenters. The van der Waals surface area contributed by atoms with Crippen molar-refractivity contribution in [1.82, 2.24) is 15.6 Å². The number of rotatable bonds is 7. The van der Waals surface area contributed by atoms with E-state index in [1.807, 2.05) is 78.9 Å². The minimum absolute atomic E-state index is 0.0815. The molecule has 5 nitrogen and oxygen atoms in total. The topological polar surface area (TPSA) is 71.1 Å². The van der Waals surface area contributed by atoms with Crippen LogP contribution in [-0.2, 0) is 16.0 Å². The van der Waals surface area contributed by atoms with Crippen molar-refractivity contribution in [3.63, 3.8) is 0 Å². The number of hydrogen-bond acceptors (Lipinski definition) is 3. The summed E-state index contributed by atoms with van der Waals surface area (Å²) in [4.78, 5) is 28.8. The summed E-state index contributed by atoms with van der Waals surface area (Å²) in [5.41, 5.74) is 2.58. The van der Waals surface area contributed by atoms with E-state index in [0.29, 0.717) is 0 Å². The van der Waals surface area contributed by atoms with Gasteiger partial charge in [0, 0.05) is 6.20 Å². The van der Waals surface area contributed by atoms with Gasteiger partial charge in [0.25, 0.3) is 0 Å². The monoisotopic (exact) mass is 359 g/mol. The van der Waals surface area contributed by atoms with Crippen LogP contribution in [0.15, 0.2) is 85.1 Å². The molecule has 2 aromatic carbocycles. The van der Waals surface area contributed by atoms with Gasteiger partial charge in [-0.15, -0.1) is 0 Å². The number of amides is 2. The van der Waals surface area contributed by atoms with E-state index in [-0.39, 0.29) is 30.8 Å². The van der Waals surface area contributed by atoms with E-state index >= 15 is 0 Å². The third-order valence-electron chi connectivity index (χ3n) is 4.08. The number of pyridine rings is 1. The molecule has 1 aromatic heterocycles. The van der Waals surface area contributed by atoms with Crippen molar-refractivity contribution in [2.45, 2.75) is 12.5 Å². The Morgan fingerprint density at radius 1 is 0.815 bits per heavy atom. The van der Waals surface area contributed by atoms with Crippen molar-refractivity contribution in [3.05, 3.63) is 102 Å². The lowest BCUT2D eigenvalue weighted by Crippen LogP contribution is -2.39. The summed E-state index contributed by atoms with van der Waals surface area (Å²) in [6.07, 6.45) is 1.94. The zero-order valence-corrected chi connectivity index (χ0v) is 14.8. The molecule has 0 aliphatic heterocycles. The number of nitrogens with zero attached hydrogens (tertiary/aromatic N) is 1. The van der Waals surface area contributed by atoms with Crippen molar-refractivity contribution in [3.8, 4) is 0 Å². The summed E-state index contributed by atoms with van der Waals surface area (Å²) >= 11 is 0. The highest BCUT2D eigenvalue weighted by molar-refractivity contribution is 5.86. The number of aromatic nitrogens is 1. The van der Waals surface area contributed by atoms with Crippen LogP contribution in [0.4, 0.5) is 0 Å². The minimum Gasteiger partial charge on any atom is -0.347 e. The van der Waals surface area contributed by atoms with Crippen molar-refractivity contribution in [1.29, 1.82) is 0 Å². The molecule has 2 amide bonds. The number of nitrogens with one attached hydrogen (secondary N) is 2. The predicted octanol–water partition coefficient (Wildman–Crippen LogP) is 2.65. The normalized spacial score (nSPS) is 11.4. The molecule has 3 rings (SSSR count). The zero-order valence-electron chi connectivity index (χ0n) is 14.8. The van der Waals surface area contributed by atoms with Crippen LogP contribution in [0.3, 0.4) is 0 Å². The summed E-state index contributed by atoms with van der Waals surface area (Å²) in [6.45, 7) is -0.0815. The molecular weight excluding hydrogens is 338 g/mol. The predicted molar refractivity (Wildman–Crippen MR) is 104 cm³/mol. The highest BCUT2D eigenvalue weighted by Crippen LogP contribution is 2.19. The fourth-order valence-corrected chi connectivity index (χ4v) is 2.75. The Hall–Kier alpha value is -3.47. The second-order valence-corrected chi connectivity index (χ2v) is 6.10. The van der Waals surface area contributed by atoms with Gasteiger partial charge in [-0.3, -0.25) is 14.6 Å². The molecule has 0 aliphatic carbocycles. The second kappa shape index (κ2) is 9.29. The second-order valence-electron chi connectivity index (χ2n) is 6.10. The van der Waals surface area contributed by atoms with E-state index in [1.54, 1.807) is 6.20 Å². The molecule has 0 saturated heterocycles. The first-order valence-electron chi connectivity index (χ1n) is 8.78. The maximum Gasteiger partial charge on any atom is 0.240 e. The Morgan fingerprint density at radius 2 is 1.48 bits per heavy atom. The quantitative estimate of drug-likeness (QED) is 0.681. The summed E-state index contributed by atoms with van der Waals surface area (Å²) in [6, 6.07) is 24.3. The lowest BCUT2D eigenvalue weighted by atomic mass is 10.0. The van der Waals surface area contributed by atoms with Crippen LogP contribution in [0.2, 0.25) is 0 Å². The van der Waals surface area contributed by atoms with Crippen molar-refractivity contribution >= 4 is 11.8 Å². The smallest absolute Gasteiger partial charge is 0.240 e. The van der Waals surface area contributed by atoms with Crippen LogP contribution in [0.1, 0.15) is 22.9 Å². The molecule has 5 heteroatoms. The highest BCUT2D eigenvalue weighted by Gasteiger charge is 2.18. The van der Waals surface area contributed by atoms with Gasteiger partial charge < -0.3 is 10.6 Å². The van der Waals surface area contributed by atoms with Crippen LogP contribution >= 0.6 is 0 Å². The van der Waals surface area contributed by atoms with Gasteiger partial charge in [-0.1, -0.05) is 66.7 Å². The molecule has 0 radical (unpaired) electrons. The average molecular weight is 359 g/mol. The molecule has 0 saturated carbocycles. The lowest BCUT2D eigenvalue weighted by molar-refractivity contribution is -0.126. The minimum atomic E-state index is -0.370. The standard InChI is InChI=1S/C22H21N3O2/c26-20(15-17-9-3-1-4-10-17)24-16-21(27)25-22(18-11-5-2-6-12-18)19-13-7-8-14-23-19/h1-14,22H,15-16H2,(H,24,26)(H,25,27). The molecule has 1 atom stereocenters. The molecule has 0 spiro atoms. The lowest BCUT2D eigenvalue weighted by Gasteiger charge is -2.19. The van der Waals surface area contributed by atoms with Crippen LogP contribution < -0.4 is 10.6 Å². The van der Waals surface area contributed by atoms with Crippen molar-refractivity contribution in [2.24, 2.45) is 0 Å². The highest BCUT2D eigenvalue weighted by atomic mass is 16.2. The van der Waals surface area contributed by atoms with Gasteiger partial charge in [-0.25, -0.2) is 0 Å². The van der Waals surface area contributed by atoms with Crippen LogP contribution in [0.25, 0.3) is 0 Å². The molecule has 0 bridgehead atoms. The van der Waals surface area contributed by atoms with E-state index in [1.165, 1.54) is 0 Å². The van der Waals surface area contributed by atoms with E-state index in [0.717, 1.165) is 16.8 Å².